The minimum atomic E-state index is -2.22. The zero-order valence-corrected chi connectivity index (χ0v) is 6.59. The van der Waals surface area contributed by atoms with Crippen LogP contribution in [0.4, 0.5) is 8.63 Å². The van der Waals surface area contributed by atoms with E-state index in [4.69, 9.17) is 4.74 Å². The number of ether oxygens (including phenoxy) is 1. The van der Waals surface area contributed by atoms with Crippen molar-refractivity contribution in [2.75, 3.05) is 26.1 Å². The largest absolute Gasteiger partial charge is 0.510 e. The van der Waals surface area contributed by atoms with Crippen molar-refractivity contribution in [1.29, 1.82) is 0 Å². The number of morpholine rings is 1. The molecule has 1 aliphatic rings. The van der Waals surface area contributed by atoms with Crippen LogP contribution in [0, 0.1) is 0 Å². The summed E-state index contributed by atoms with van der Waals surface area (Å²) in [5, 5.41) is 0. The summed E-state index contributed by atoms with van der Waals surface area (Å²) in [4.78, 5) is 1.73. The van der Waals surface area contributed by atoms with E-state index in [2.05, 4.69) is 0 Å². The lowest BCUT2D eigenvalue weighted by atomic mass is 9.98. The van der Waals surface area contributed by atoms with E-state index in [1.807, 2.05) is 6.92 Å². The zero-order valence-electron chi connectivity index (χ0n) is 6.59. The fourth-order valence-corrected chi connectivity index (χ4v) is 1.25. The molecule has 5 heteroatoms. The molecule has 2 nitrogen and oxygen atoms in total. The van der Waals surface area contributed by atoms with Crippen LogP contribution in [0.2, 0.25) is 0 Å². The summed E-state index contributed by atoms with van der Waals surface area (Å²) in [6.07, 6.45) is -0.0178. The number of hydrogen-bond acceptors (Lipinski definition) is 2. The summed E-state index contributed by atoms with van der Waals surface area (Å²) in [6, 6.07) is 0. The maximum Gasteiger partial charge on any atom is 0.244 e. The topological polar surface area (TPSA) is 12.5 Å². The van der Waals surface area contributed by atoms with Gasteiger partial charge in [0, 0.05) is 13.1 Å². The lowest BCUT2D eigenvalue weighted by Gasteiger charge is -2.33. The van der Waals surface area contributed by atoms with Gasteiger partial charge in [0.25, 0.3) is 0 Å². The Hall–Kier alpha value is -0.155. The highest BCUT2D eigenvalue weighted by Crippen LogP contribution is 2.04. The fraction of sp³-hybridized carbons (Fsp3) is 1.00. The van der Waals surface area contributed by atoms with Gasteiger partial charge in [-0.1, -0.05) is 6.44 Å². The molecule has 0 N–H and O–H groups in total. The minimum absolute atomic E-state index is 0.0995. The molecule has 1 radical (unpaired) electrons. The molecular formula is C6H12BF2NO-. The minimum Gasteiger partial charge on any atom is -0.510 e. The number of rotatable bonds is 2. The van der Waals surface area contributed by atoms with E-state index in [1.165, 1.54) is 0 Å². The smallest absolute Gasteiger partial charge is 0.244 e. The molecule has 0 saturated carbocycles. The first-order valence-electron chi connectivity index (χ1n) is 3.80. The van der Waals surface area contributed by atoms with Gasteiger partial charge in [0.15, 0.2) is 0 Å². The Balaban J connectivity index is 2.23. The van der Waals surface area contributed by atoms with Gasteiger partial charge in [0.2, 0.25) is 7.27 Å². The highest BCUT2D eigenvalue weighted by atomic mass is 19.2. The third kappa shape index (κ3) is 3.16. The van der Waals surface area contributed by atoms with Crippen LogP contribution in [-0.4, -0.2) is 44.4 Å². The second kappa shape index (κ2) is 4.02. The number of nitrogens with zero attached hydrogens (tertiary/aromatic N) is 1. The lowest BCUT2D eigenvalue weighted by molar-refractivity contribution is -0.0130. The normalized spacial score (nSPS) is 27.8. The second-order valence-corrected chi connectivity index (χ2v) is 2.83. The molecule has 0 aromatic rings. The Morgan fingerprint density at radius 3 is 2.91 bits per heavy atom. The van der Waals surface area contributed by atoms with Crippen molar-refractivity contribution in [3.05, 3.63) is 0 Å². The van der Waals surface area contributed by atoms with Crippen molar-refractivity contribution in [3.8, 4) is 0 Å². The van der Waals surface area contributed by atoms with Crippen LogP contribution >= 0.6 is 0 Å². The highest BCUT2D eigenvalue weighted by Gasteiger charge is 2.15. The van der Waals surface area contributed by atoms with Crippen molar-refractivity contribution in [2.45, 2.75) is 13.0 Å². The van der Waals surface area contributed by atoms with E-state index in [-0.39, 0.29) is 12.5 Å². The first-order valence-corrected chi connectivity index (χ1v) is 3.80. The third-order valence-corrected chi connectivity index (χ3v) is 1.72. The van der Waals surface area contributed by atoms with Crippen LogP contribution in [0.5, 0.6) is 0 Å². The van der Waals surface area contributed by atoms with Gasteiger partial charge in [0.05, 0.1) is 12.7 Å². The van der Waals surface area contributed by atoms with Gasteiger partial charge >= 0.3 is 0 Å². The highest BCUT2D eigenvalue weighted by molar-refractivity contribution is 6.42. The quantitative estimate of drug-likeness (QED) is 0.554. The molecule has 0 aliphatic carbocycles. The fourth-order valence-electron chi connectivity index (χ4n) is 1.25. The molecule has 0 aromatic carbocycles. The van der Waals surface area contributed by atoms with Crippen molar-refractivity contribution < 1.29 is 13.4 Å². The monoisotopic (exact) mass is 163 g/mol. The van der Waals surface area contributed by atoms with Crippen molar-refractivity contribution in [1.82, 2.24) is 4.90 Å². The molecule has 0 unspecified atom stereocenters. The van der Waals surface area contributed by atoms with Gasteiger partial charge in [-0.25, -0.2) is 0 Å². The Morgan fingerprint density at radius 2 is 2.36 bits per heavy atom. The molecule has 11 heavy (non-hydrogen) atoms. The van der Waals surface area contributed by atoms with E-state index in [1.54, 1.807) is 4.90 Å². The van der Waals surface area contributed by atoms with Crippen LogP contribution < -0.4 is 0 Å². The van der Waals surface area contributed by atoms with Gasteiger partial charge in [-0.05, 0) is 6.92 Å². The van der Waals surface area contributed by atoms with Crippen LogP contribution in [0.15, 0.2) is 0 Å². The average Bonchev–Trinajstić information content (AvgIpc) is 1.85. The van der Waals surface area contributed by atoms with Crippen LogP contribution in [0.1, 0.15) is 6.92 Å². The van der Waals surface area contributed by atoms with Gasteiger partial charge in [-0.3, -0.25) is 0 Å². The van der Waals surface area contributed by atoms with Crippen LogP contribution in [0.3, 0.4) is 0 Å². The number of hydrogen-bond donors (Lipinski definition) is 0. The van der Waals surface area contributed by atoms with Gasteiger partial charge in [0.1, 0.15) is 0 Å². The van der Waals surface area contributed by atoms with E-state index in [9.17, 15) is 8.63 Å². The molecule has 1 heterocycles. The Morgan fingerprint density at radius 1 is 1.64 bits per heavy atom. The molecule has 0 spiro atoms. The predicted molar refractivity (Wildman–Crippen MR) is 39.8 cm³/mol. The Labute approximate surface area is 65.7 Å². The lowest BCUT2D eigenvalue weighted by Crippen LogP contribution is -2.44. The summed E-state index contributed by atoms with van der Waals surface area (Å²) >= 11 is 0. The first kappa shape index (κ1) is 8.94. The maximum absolute atomic E-state index is 11.9. The Kier molecular flexibility index (Phi) is 3.26. The molecule has 1 rings (SSSR count). The molecule has 0 bridgehead atoms. The van der Waals surface area contributed by atoms with Crippen molar-refractivity contribution in [3.63, 3.8) is 0 Å². The van der Waals surface area contributed by atoms with Crippen molar-refractivity contribution in [2.24, 2.45) is 0 Å². The van der Waals surface area contributed by atoms with Crippen molar-refractivity contribution >= 4 is 7.27 Å². The molecule has 0 aromatic heterocycles. The summed E-state index contributed by atoms with van der Waals surface area (Å²) in [6.45, 7) is 3.74. The molecule has 1 saturated heterocycles. The molecule has 1 atom stereocenters. The standard InChI is InChI=1S/C6H12BF2NO/c1-6-4-10(2-3-11-6)5-7(8)9/h6H,2-5H2,1H3/q-1/t6-/m0/s1. The summed E-state index contributed by atoms with van der Waals surface area (Å²) in [5.74, 6) is 0. The second-order valence-electron chi connectivity index (χ2n) is 2.83. The molecule has 1 aliphatic heterocycles. The van der Waals surface area contributed by atoms with Gasteiger partial charge in [-0.2, -0.15) is 0 Å². The summed E-state index contributed by atoms with van der Waals surface area (Å²) < 4.78 is 28.9. The van der Waals surface area contributed by atoms with E-state index < -0.39 is 7.27 Å². The zero-order chi connectivity index (χ0) is 8.27. The first-order chi connectivity index (χ1) is 5.18. The van der Waals surface area contributed by atoms with Crippen LogP contribution in [0.25, 0.3) is 0 Å². The molecular weight excluding hydrogens is 151 g/mol. The molecule has 0 amide bonds. The summed E-state index contributed by atoms with van der Waals surface area (Å²) in [5.41, 5.74) is 0. The number of halogens is 2. The molecule has 65 valence electrons. The van der Waals surface area contributed by atoms with E-state index in [0.717, 1.165) is 0 Å². The SMILES string of the molecule is C[C@H]1CN(C[B-](F)F)CCO1. The van der Waals surface area contributed by atoms with E-state index >= 15 is 0 Å². The van der Waals surface area contributed by atoms with Gasteiger partial charge < -0.3 is 18.3 Å². The Bertz CT molecular complexity index is 123. The summed E-state index contributed by atoms with van der Waals surface area (Å²) in [7, 11) is -2.22. The van der Waals surface area contributed by atoms with E-state index in [0.29, 0.717) is 19.7 Å². The average molecular weight is 163 g/mol. The molecule has 1 fully saturated rings. The van der Waals surface area contributed by atoms with Crippen LogP contribution in [-0.2, 0) is 4.74 Å². The maximum atomic E-state index is 11.9. The van der Waals surface area contributed by atoms with Gasteiger partial charge in [-0.15, -0.1) is 0 Å². The third-order valence-electron chi connectivity index (χ3n) is 1.72. The predicted octanol–water partition coefficient (Wildman–Crippen LogP) is 0.673.